The number of carbonyl (C=O) groups excluding carboxylic acids is 2. The molecule has 0 radical (unpaired) electrons. The average Bonchev–Trinajstić information content (AvgIpc) is 3.34. The smallest absolute Gasteiger partial charge is 0.279 e. The number of carbonyl (C=O) groups is 2. The van der Waals surface area contributed by atoms with Crippen molar-refractivity contribution in [2.24, 2.45) is 5.92 Å². The molecule has 3 N–H and O–H groups in total. The Bertz CT molecular complexity index is 947. The Morgan fingerprint density at radius 2 is 2.03 bits per heavy atom. The van der Waals surface area contributed by atoms with Crippen LogP contribution in [0.2, 0.25) is 5.02 Å². The van der Waals surface area contributed by atoms with Gasteiger partial charge in [0.1, 0.15) is 5.75 Å². The summed E-state index contributed by atoms with van der Waals surface area (Å²) in [4.78, 5) is 26.3. The Balaban J connectivity index is 1.68. The number of aliphatic hydroxyl groups is 1. The molecule has 0 saturated carbocycles. The minimum Gasteiger partial charge on any atom is -0.632 e. The number of nitrogens with one attached hydrogen (secondary N) is 2. The first-order valence-electron chi connectivity index (χ1n) is 13.0. The largest absolute Gasteiger partial charge is 0.632 e. The summed E-state index contributed by atoms with van der Waals surface area (Å²) in [6.07, 6.45) is -0.595. The zero-order valence-corrected chi connectivity index (χ0v) is 23.0. The molecular weight excluding hydrogens is 502 g/mol. The molecule has 11 heteroatoms. The van der Waals surface area contributed by atoms with Crippen molar-refractivity contribution in [3.8, 4) is 5.75 Å². The summed E-state index contributed by atoms with van der Waals surface area (Å²) < 4.78 is 15.7. The fraction of sp³-hybridized carbons (Fsp3) is 0.692. The van der Waals surface area contributed by atoms with Crippen LogP contribution in [0.25, 0.3) is 0 Å². The number of hydroxylamine groups is 3. The van der Waals surface area contributed by atoms with Crippen LogP contribution < -0.4 is 15.4 Å². The van der Waals surface area contributed by atoms with Gasteiger partial charge in [-0.25, -0.2) is 0 Å². The van der Waals surface area contributed by atoms with E-state index >= 15 is 0 Å². The molecule has 0 aliphatic carbocycles. The van der Waals surface area contributed by atoms with Crippen LogP contribution in [0, 0.1) is 11.1 Å². The number of rotatable bonds is 11. The molecule has 0 aromatic heterocycles. The van der Waals surface area contributed by atoms with Gasteiger partial charge < -0.3 is 39.8 Å². The van der Waals surface area contributed by atoms with Gasteiger partial charge in [0.2, 0.25) is 0 Å². The van der Waals surface area contributed by atoms with E-state index in [0.717, 1.165) is 0 Å². The minimum atomic E-state index is -1.03. The number of aliphatic hydroxyl groups excluding tert-OH is 1. The van der Waals surface area contributed by atoms with Gasteiger partial charge in [-0.1, -0.05) is 25.4 Å². The van der Waals surface area contributed by atoms with Crippen LogP contribution in [0.1, 0.15) is 64.2 Å². The summed E-state index contributed by atoms with van der Waals surface area (Å²) in [5, 5.41) is 29.8. The molecule has 3 rings (SSSR count). The second-order valence-corrected chi connectivity index (χ2v) is 10.8. The van der Waals surface area contributed by atoms with Gasteiger partial charge in [-0.3, -0.25) is 9.59 Å². The number of nitrogens with zero attached hydrogens (tertiary/aromatic N) is 1. The molecule has 2 amide bonds. The molecule has 1 aromatic rings. The molecule has 2 heterocycles. The van der Waals surface area contributed by atoms with E-state index in [0.29, 0.717) is 30.8 Å². The third-order valence-electron chi connectivity index (χ3n) is 6.80. The van der Waals surface area contributed by atoms with Crippen LogP contribution in [0.15, 0.2) is 18.2 Å². The third kappa shape index (κ3) is 7.55. The number of hydrogen-bond donors (Lipinski definition) is 3. The zero-order valence-electron chi connectivity index (χ0n) is 22.2. The lowest BCUT2D eigenvalue weighted by Crippen LogP contribution is -2.61. The van der Waals surface area contributed by atoms with Gasteiger partial charge in [0.05, 0.1) is 41.9 Å². The number of hydrogen-bond acceptors (Lipinski definition) is 7. The first-order valence-corrected chi connectivity index (χ1v) is 13.4. The Kier molecular flexibility index (Phi) is 10.2. The van der Waals surface area contributed by atoms with E-state index in [4.69, 9.17) is 25.8 Å². The van der Waals surface area contributed by atoms with Crippen LogP contribution in [-0.4, -0.2) is 78.1 Å². The summed E-state index contributed by atoms with van der Waals surface area (Å²) >= 11 is 6.36. The van der Waals surface area contributed by atoms with Gasteiger partial charge in [0.25, 0.3) is 11.8 Å². The lowest BCUT2D eigenvalue weighted by atomic mass is 10.0. The standard InChI is InChI=1S/C26H40ClN3O7/c1-6-35-26-20(13-23(31)37-26)28-25(33)22-8-7-11-30(22,34)14-21(15(2)3)29-24(32)18-10-9-17(12-19(18)27)36-16(4)5/h9-10,12,15-16,20-23,26,31H,6-8,11,13-14H2,1-5H3,(H,28,33)(H,29,32)/t20-,21+,22-,23?,26+,30?/m0/s1. The third-order valence-corrected chi connectivity index (χ3v) is 7.12. The van der Waals surface area contributed by atoms with Crippen molar-refractivity contribution in [2.45, 2.75) is 90.7 Å². The van der Waals surface area contributed by atoms with Crippen LogP contribution in [0.3, 0.4) is 0 Å². The Morgan fingerprint density at radius 1 is 1.30 bits per heavy atom. The quantitative estimate of drug-likeness (QED) is 0.290. The maximum Gasteiger partial charge on any atom is 0.279 e. The summed E-state index contributed by atoms with van der Waals surface area (Å²) in [5.74, 6) is -0.264. The lowest BCUT2D eigenvalue weighted by Gasteiger charge is -2.46. The second kappa shape index (κ2) is 12.7. The van der Waals surface area contributed by atoms with Crippen molar-refractivity contribution in [2.75, 3.05) is 19.7 Å². The molecule has 2 aliphatic heterocycles. The van der Waals surface area contributed by atoms with E-state index < -0.39 is 41.3 Å². The number of benzene rings is 1. The van der Waals surface area contributed by atoms with E-state index in [1.54, 1.807) is 25.1 Å². The van der Waals surface area contributed by atoms with Gasteiger partial charge in [-0.05, 0) is 44.9 Å². The second-order valence-electron chi connectivity index (χ2n) is 10.4. The maximum atomic E-state index is 13.9. The first kappa shape index (κ1) is 29.6. The van der Waals surface area contributed by atoms with Gasteiger partial charge in [0.15, 0.2) is 18.6 Å². The molecule has 2 aliphatic rings. The van der Waals surface area contributed by atoms with E-state index in [2.05, 4.69) is 10.6 Å². The lowest BCUT2D eigenvalue weighted by molar-refractivity contribution is -0.885. The highest BCUT2D eigenvalue weighted by Crippen LogP contribution is 2.30. The van der Waals surface area contributed by atoms with Gasteiger partial charge >= 0.3 is 0 Å². The molecule has 0 spiro atoms. The predicted molar refractivity (Wildman–Crippen MR) is 139 cm³/mol. The maximum absolute atomic E-state index is 13.9. The molecule has 10 nitrogen and oxygen atoms in total. The monoisotopic (exact) mass is 541 g/mol. The van der Waals surface area contributed by atoms with Gasteiger partial charge in [-0.2, -0.15) is 0 Å². The predicted octanol–water partition coefficient (Wildman–Crippen LogP) is 2.94. The van der Waals surface area contributed by atoms with Crippen molar-refractivity contribution in [3.63, 3.8) is 0 Å². The Hall–Kier alpha value is -1.95. The van der Waals surface area contributed by atoms with Gasteiger partial charge in [0, 0.05) is 25.9 Å². The number of amides is 2. The fourth-order valence-corrected chi connectivity index (χ4v) is 5.15. The first-order chi connectivity index (χ1) is 17.4. The molecule has 6 atom stereocenters. The van der Waals surface area contributed by atoms with E-state index in [1.807, 2.05) is 27.7 Å². The number of halogens is 1. The average molecular weight is 542 g/mol. The molecule has 2 saturated heterocycles. The topological polar surface area (TPSA) is 129 Å². The number of ether oxygens (including phenoxy) is 3. The molecular formula is C26H40ClN3O7. The molecule has 1 aromatic carbocycles. The minimum absolute atomic E-state index is 0.0278. The van der Waals surface area contributed by atoms with E-state index in [1.165, 1.54) is 0 Å². The van der Waals surface area contributed by atoms with Gasteiger partial charge in [-0.15, -0.1) is 0 Å². The van der Waals surface area contributed by atoms with Crippen molar-refractivity contribution in [1.82, 2.24) is 10.6 Å². The number of likely N-dealkylation sites (tertiary alicyclic amines) is 1. The fourth-order valence-electron chi connectivity index (χ4n) is 4.89. The zero-order chi connectivity index (χ0) is 27.3. The Labute approximate surface area is 223 Å². The van der Waals surface area contributed by atoms with E-state index in [-0.39, 0.29) is 42.5 Å². The van der Waals surface area contributed by atoms with Crippen molar-refractivity contribution in [1.29, 1.82) is 0 Å². The van der Waals surface area contributed by atoms with E-state index in [9.17, 15) is 19.9 Å². The summed E-state index contributed by atoms with van der Waals surface area (Å²) in [5.41, 5.74) is 0.290. The van der Waals surface area contributed by atoms with Crippen LogP contribution in [0.4, 0.5) is 0 Å². The SMILES string of the molecule is CCO[C@@H]1OC(O)C[C@@H]1NC(=O)[C@@H]1CCC[N+]1([O-])C[C@@H](NC(=O)c1ccc(OC(C)C)cc1Cl)C(C)C. The normalized spacial score (nSPS) is 28.5. The van der Waals surface area contributed by atoms with Crippen molar-refractivity contribution >= 4 is 23.4 Å². The Morgan fingerprint density at radius 3 is 2.65 bits per heavy atom. The number of quaternary nitrogens is 1. The van der Waals surface area contributed by atoms with Crippen LogP contribution in [-0.2, 0) is 14.3 Å². The summed E-state index contributed by atoms with van der Waals surface area (Å²) in [7, 11) is 0. The molecule has 208 valence electrons. The van der Waals surface area contributed by atoms with Crippen molar-refractivity contribution < 1.29 is 33.6 Å². The van der Waals surface area contributed by atoms with Crippen LogP contribution in [0.5, 0.6) is 5.75 Å². The highest BCUT2D eigenvalue weighted by Gasteiger charge is 2.45. The summed E-state index contributed by atoms with van der Waals surface area (Å²) in [6, 6.07) is 3.05. The van der Waals surface area contributed by atoms with Crippen LogP contribution >= 0.6 is 11.6 Å². The highest BCUT2D eigenvalue weighted by atomic mass is 35.5. The molecule has 37 heavy (non-hydrogen) atoms. The highest BCUT2D eigenvalue weighted by molar-refractivity contribution is 6.34. The van der Waals surface area contributed by atoms with Crippen molar-refractivity contribution in [3.05, 3.63) is 34.0 Å². The molecule has 2 fully saturated rings. The summed E-state index contributed by atoms with van der Waals surface area (Å²) in [6.45, 7) is 10.1. The molecule has 2 unspecified atom stereocenters. The molecule has 0 bridgehead atoms.